The molecule has 3 heteroatoms. The second kappa shape index (κ2) is 5.99. The Balaban J connectivity index is 1.86. The summed E-state index contributed by atoms with van der Waals surface area (Å²) in [5.74, 6) is 1.59. The van der Waals surface area contributed by atoms with Crippen molar-refractivity contribution in [1.82, 2.24) is 0 Å². The molecule has 0 fully saturated rings. The van der Waals surface area contributed by atoms with E-state index in [1.54, 1.807) is 13.8 Å². The number of fused-ring (bicyclic) bond motifs is 1. The smallest absolute Gasteiger partial charge is 0.138 e. The molecule has 3 aromatic rings. The van der Waals surface area contributed by atoms with E-state index in [4.69, 9.17) is 9.15 Å². The highest BCUT2D eigenvalue weighted by atomic mass is 16.5. The number of ether oxygens (including phenoxy) is 1. The van der Waals surface area contributed by atoms with Crippen molar-refractivity contribution in [2.45, 2.75) is 45.3 Å². The fourth-order valence-corrected chi connectivity index (χ4v) is 3.22. The molecule has 0 amide bonds. The molecule has 126 valence electrons. The predicted molar refractivity (Wildman–Crippen MR) is 97.3 cm³/mol. The number of aliphatic hydroxyl groups is 1. The maximum absolute atomic E-state index is 10.0. The van der Waals surface area contributed by atoms with Gasteiger partial charge in [0.25, 0.3) is 0 Å². The van der Waals surface area contributed by atoms with E-state index in [2.05, 4.69) is 0 Å². The number of hydrogen-bond donors (Lipinski definition) is 1. The molecule has 0 unspecified atom stereocenters. The van der Waals surface area contributed by atoms with E-state index in [9.17, 15) is 5.11 Å². The number of hydrogen-bond acceptors (Lipinski definition) is 3. The molecule has 2 aromatic carbocycles. The Morgan fingerprint density at radius 3 is 2.33 bits per heavy atom. The van der Waals surface area contributed by atoms with Crippen LogP contribution in [0.5, 0.6) is 5.75 Å². The highest BCUT2D eigenvalue weighted by Crippen LogP contribution is 2.32. The lowest BCUT2D eigenvalue weighted by molar-refractivity contribution is -0.0106. The monoisotopic (exact) mass is 324 g/mol. The van der Waals surface area contributed by atoms with Gasteiger partial charge in [0.2, 0.25) is 0 Å². The van der Waals surface area contributed by atoms with Crippen LogP contribution < -0.4 is 4.74 Å². The summed E-state index contributed by atoms with van der Waals surface area (Å²) in [6.45, 7) is 7.54. The summed E-state index contributed by atoms with van der Waals surface area (Å²) in [4.78, 5) is 0. The van der Waals surface area contributed by atoms with Crippen LogP contribution in [0.2, 0.25) is 0 Å². The third-order valence-electron chi connectivity index (χ3n) is 3.80. The summed E-state index contributed by atoms with van der Waals surface area (Å²) in [5, 5.41) is 11.1. The average molecular weight is 324 g/mol. The van der Waals surface area contributed by atoms with E-state index in [-0.39, 0.29) is 0 Å². The third kappa shape index (κ3) is 3.98. The van der Waals surface area contributed by atoms with Crippen LogP contribution in [0.1, 0.15) is 34.1 Å². The van der Waals surface area contributed by atoms with Crippen LogP contribution in [0.4, 0.5) is 0 Å². The van der Waals surface area contributed by atoms with Crippen molar-refractivity contribution in [1.29, 1.82) is 0 Å². The molecule has 0 atom stereocenters. The normalized spacial score (nSPS) is 12.5. The van der Waals surface area contributed by atoms with E-state index in [0.717, 1.165) is 28.0 Å². The predicted octanol–water partition coefficient (Wildman–Crippen LogP) is 5.42. The second-order valence-electron chi connectivity index (χ2n) is 7.53. The van der Waals surface area contributed by atoms with Gasteiger partial charge in [-0.25, -0.2) is 0 Å². The van der Waals surface area contributed by atoms with Crippen LogP contribution in [0.25, 0.3) is 22.3 Å². The molecule has 1 N–H and O–H groups in total. The Hall–Kier alpha value is -2.26. The molecule has 0 aliphatic heterocycles. The highest BCUT2D eigenvalue weighted by molar-refractivity contribution is 5.83. The van der Waals surface area contributed by atoms with Crippen LogP contribution in [0.3, 0.4) is 0 Å². The molecule has 0 bridgehead atoms. The maximum Gasteiger partial charge on any atom is 0.138 e. The SMILES string of the molecule is CC(C)(O)CC(C)(C)Oc1ccc2cc(-c3ccccc3)oc2c1. The van der Waals surface area contributed by atoms with E-state index in [1.165, 1.54) is 0 Å². The van der Waals surface area contributed by atoms with Crippen molar-refractivity contribution in [2.75, 3.05) is 0 Å². The summed E-state index contributed by atoms with van der Waals surface area (Å²) in [6.07, 6.45) is 0.533. The van der Waals surface area contributed by atoms with Crippen LogP contribution >= 0.6 is 0 Å². The van der Waals surface area contributed by atoms with Gasteiger partial charge in [0.05, 0.1) is 5.60 Å². The van der Waals surface area contributed by atoms with Crippen LogP contribution in [-0.2, 0) is 0 Å². The second-order valence-corrected chi connectivity index (χ2v) is 7.53. The minimum absolute atomic E-state index is 0.471. The zero-order valence-corrected chi connectivity index (χ0v) is 14.7. The quantitative estimate of drug-likeness (QED) is 0.681. The molecular weight excluding hydrogens is 300 g/mol. The van der Waals surface area contributed by atoms with Gasteiger partial charge >= 0.3 is 0 Å². The molecule has 0 saturated heterocycles. The molecule has 0 radical (unpaired) electrons. The first-order valence-electron chi connectivity index (χ1n) is 8.22. The van der Waals surface area contributed by atoms with Crippen molar-refractivity contribution in [2.24, 2.45) is 0 Å². The number of furan rings is 1. The Bertz CT molecular complexity index is 823. The minimum atomic E-state index is -0.779. The molecule has 0 aliphatic carbocycles. The van der Waals surface area contributed by atoms with Crippen LogP contribution in [0, 0.1) is 0 Å². The average Bonchev–Trinajstić information content (AvgIpc) is 2.88. The van der Waals surface area contributed by atoms with Gasteiger partial charge in [0.1, 0.15) is 22.7 Å². The van der Waals surface area contributed by atoms with Gasteiger partial charge in [-0.3, -0.25) is 0 Å². The Kier molecular flexibility index (Phi) is 4.14. The zero-order valence-electron chi connectivity index (χ0n) is 14.7. The molecular formula is C21H24O3. The maximum atomic E-state index is 10.0. The molecule has 0 aliphatic rings. The van der Waals surface area contributed by atoms with Gasteiger partial charge in [-0.1, -0.05) is 30.3 Å². The topological polar surface area (TPSA) is 42.6 Å². The highest BCUT2D eigenvalue weighted by Gasteiger charge is 2.28. The lowest BCUT2D eigenvalue weighted by atomic mass is 9.92. The molecule has 0 saturated carbocycles. The van der Waals surface area contributed by atoms with Crippen molar-refractivity contribution < 1.29 is 14.3 Å². The molecule has 3 nitrogen and oxygen atoms in total. The van der Waals surface area contributed by atoms with E-state index < -0.39 is 11.2 Å². The van der Waals surface area contributed by atoms with Gasteiger partial charge in [-0.15, -0.1) is 0 Å². The molecule has 1 heterocycles. The first-order chi connectivity index (χ1) is 11.2. The number of benzene rings is 2. The lowest BCUT2D eigenvalue weighted by Gasteiger charge is -2.32. The summed E-state index contributed by atoms with van der Waals surface area (Å²) in [6, 6.07) is 17.9. The lowest BCUT2D eigenvalue weighted by Crippen LogP contribution is -2.37. The van der Waals surface area contributed by atoms with Crippen molar-refractivity contribution >= 4 is 11.0 Å². The van der Waals surface area contributed by atoms with Gasteiger partial charge in [-0.05, 0) is 45.9 Å². The standard InChI is InChI=1S/C21H24O3/c1-20(2,22)14-21(3,4)24-17-11-10-16-12-18(23-19(16)13-17)15-8-6-5-7-9-15/h5-13,22H,14H2,1-4H3. The Morgan fingerprint density at radius 1 is 0.958 bits per heavy atom. The van der Waals surface area contributed by atoms with Crippen LogP contribution in [-0.4, -0.2) is 16.3 Å². The summed E-state index contributed by atoms with van der Waals surface area (Å²) >= 11 is 0. The zero-order chi connectivity index (χ0) is 17.4. The summed E-state index contributed by atoms with van der Waals surface area (Å²) < 4.78 is 12.1. The fraction of sp³-hybridized carbons (Fsp3) is 0.333. The first kappa shape index (κ1) is 16.6. The van der Waals surface area contributed by atoms with Crippen LogP contribution in [0.15, 0.2) is 59.0 Å². The van der Waals surface area contributed by atoms with Crippen molar-refractivity contribution in [3.8, 4) is 17.1 Å². The molecule has 1 aromatic heterocycles. The first-order valence-corrected chi connectivity index (χ1v) is 8.22. The molecule has 3 rings (SSSR count). The van der Waals surface area contributed by atoms with Gasteiger partial charge in [0.15, 0.2) is 0 Å². The Labute approximate surface area is 142 Å². The summed E-state index contributed by atoms with van der Waals surface area (Å²) in [7, 11) is 0. The third-order valence-corrected chi connectivity index (χ3v) is 3.80. The van der Waals surface area contributed by atoms with Gasteiger partial charge < -0.3 is 14.3 Å². The fourth-order valence-electron chi connectivity index (χ4n) is 3.22. The van der Waals surface area contributed by atoms with Crippen molar-refractivity contribution in [3.63, 3.8) is 0 Å². The molecule has 0 spiro atoms. The van der Waals surface area contributed by atoms with E-state index in [1.807, 2.05) is 68.4 Å². The molecule has 24 heavy (non-hydrogen) atoms. The van der Waals surface area contributed by atoms with Gasteiger partial charge in [0, 0.05) is 23.4 Å². The van der Waals surface area contributed by atoms with E-state index in [0.29, 0.717) is 6.42 Å². The number of rotatable bonds is 5. The van der Waals surface area contributed by atoms with E-state index >= 15 is 0 Å². The minimum Gasteiger partial charge on any atom is -0.488 e. The van der Waals surface area contributed by atoms with Crippen molar-refractivity contribution in [3.05, 3.63) is 54.6 Å². The summed E-state index contributed by atoms with van der Waals surface area (Å²) in [5.41, 5.74) is 0.600. The Morgan fingerprint density at radius 2 is 1.67 bits per heavy atom. The largest absolute Gasteiger partial charge is 0.488 e. The van der Waals surface area contributed by atoms with Gasteiger partial charge in [-0.2, -0.15) is 0 Å².